The van der Waals surface area contributed by atoms with E-state index in [0.717, 1.165) is 5.56 Å². The number of hydrogen-bond acceptors (Lipinski definition) is 5. The van der Waals surface area contributed by atoms with Crippen molar-refractivity contribution in [2.24, 2.45) is 0 Å². The Kier molecular flexibility index (Phi) is 6.33. The van der Waals surface area contributed by atoms with E-state index in [1.807, 2.05) is 19.9 Å². The summed E-state index contributed by atoms with van der Waals surface area (Å²) < 4.78 is 19.6. The normalized spacial score (nSPS) is 10.8. The monoisotopic (exact) mass is 396 g/mol. The van der Waals surface area contributed by atoms with Crippen molar-refractivity contribution < 1.29 is 18.7 Å². The number of esters is 1. The van der Waals surface area contributed by atoms with Crippen LogP contribution in [0.3, 0.4) is 0 Å². The van der Waals surface area contributed by atoms with Crippen molar-refractivity contribution in [1.82, 2.24) is 20.1 Å². The average molecular weight is 396 g/mol. The summed E-state index contributed by atoms with van der Waals surface area (Å²) in [7, 11) is 0. The van der Waals surface area contributed by atoms with Crippen LogP contribution in [-0.4, -0.2) is 33.2 Å². The van der Waals surface area contributed by atoms with Crippen molar-refractivity contribution in [3.63, 3.8) is 0 Å². The maximum Gasteiger partial charge on any atom is 0.342 e. The lowest BCUT2D eigenvalue weighted by Gasteiger charge is -2.12. The van der Waals surface area contributed by atoms with Gasteiger partial charge in [0.15, 0.2) is 12.4 Å². The third kappa shape index (κ3) is 5.04. The molecule has 0 spiro atoms. The molecule has 0 radical (unpaired) electrons. The van der Waals surface area contributed by atoms with Crippen molar-refractivity contribution >= 4 is 11.9 Å². The number of halogens is 1. The molecular formula is C21H21FN4O3. The van der Waals surface area contributed by atoms with Gasteiger partial charge in [0.1, 0.15) is 11.4 Å². The van der Waals surface area contributed by atoms with E-state index in [2.05, 4.69) is 15.4 Å². The van der Waals surface area contributed by atoms with Gasteiger partial charge in [-0.3, -0.25) is 4.79 Å². The Hall–Kier alpha value is -3.55. The van der Waals surface area contributed by atoms with E-state index in [9.17, 15) is 14.0 Å². The molecule has 1 aromatic carbocycles. The Balaban J connectivity index is 1.62. The van der Waals surface area contributed by atoms with Crippen molar-refractivity contribution in [1.29, 1.82) is 0 Å². The molecule has 29 heavy (non-hydrogen) atoms. The maximum atomic E-state index is 12.9. The molecule has 150 valence electrons. The topological polar surface area (TPSA) is 86.1 Å². The van der Waals surface area contributed by atoms with E-state index in [1.54, 1.807) is 35.1 Å². The van der Waals surface area contributed by atoms with Gasteiger partial charge in [0, 0.05) is 12.7 Å². The van der Waals surface area contributed by atoms with Crippen LogP contribution in [0.5, 0.6) is 0 Å². The van der Waals surface area contributed by atoms with Crippen LogP contribution in [0.15, 0.2) is 54.9 Å². The summed E-state index contributed by atoms with van der Waals surface area (Å²) in [5, 5.41) is 6.89. The number of hydrogen-bond donors (Lipinski definition) is 1. The third-order valence-corrected chi connectivity index (χ3v) is 4.18. The molecule has 2 aromatic heterocycles. The Morgan fingerprint density at radius 1 is 1.17 bits per heavy atom. The van der Waals surface area contributed by atoms with Crippen LogP contribution < -0.4 is 5.32 Å². The molecule has 0 atom stereocenters. The zero-order valence-electron chi connectivity index (χ0n) is 16.1. The second-order valence-electron chi connectivity index (χ2n) is 6.68. The predicted octanol–water partition coefficient (Wildman–Crippen LogP) is 3.00. The van der Waals surface area contributed by atoms with E-state index < -0.39 is 18.5 Å². The fraction of sp³-hybridized carbons (Fsp3) is 0.238. The van der Waals surface area contributed by atoms with E-state index in [0.29, 0.717) is 11.5 Å². The number of nitrogens with zero attached hydrogens (tertiary/aromatic N) is 3. The first-order valence-corrected chi connectivity index (χ1v) is 9.13. The number of nitrogens with one attached hydrogen (secondary N) is 1. The molecule has 0 saturated carbocycles. The molecule has 2 heterocycles. The summed E-state index contributed by atoms with van der Waals surface area (Å²) in [5.41, 5.74) is 1.68. The van der Waals surface area contributed by atoms with Crippen LogP contribution in [0.25, 0.3) is 5.82 Å². The molecule has 0 unspecified atom stereocenters. The number of amides is 1. The van der Waals surface area contributed by atoms with Gasteiger partial charge in [0.2, 0.25) is 0 Å². The number of carbonyl (C=O) groups excluding carboxylic acids is 2. The highest BCUT2D eigenvalue weighted by Gasteiger charge is 2.23. The number of benzene rings is 1. The SMILES string of the molecule is CC(C)c1c(C(=O)OCC(=O)NCc2ccc(F)cc2)cnn1-c1ccccn1. The number of rotatable bonds is 7. The summed E-state index contributed by atoms with van der Waals surface area (Å²) >= 11 is 0. The molecular weight excluding hydrogens is 375 g/mol. The fourth-order valence-corrected chi connectivity index (χ4v) is 2.80. The van der Waals surface area contributed by atoms with Crippen molar-refractivity contribution in [2.45, 2.75) is 26.3 Å². The van der Waals surface area contributed by atoms with Gasteiger partial charge in [0.25, 0.3) is 5.91 Å². The van der Waals surface area contributed by atoms with Crippen LogP contribution in [0.1, 0.15) is 41.4 Å². The van der Waals surface area contributed by atoms with Gasteiger partial charge in [-0.2, -0.15) is 5.10 Å². The molecule has 7 nitrogen and oxygen atoms in total. The number of carbonyl (C=O) groups is 2. The lowest BCUT2D eigenvalue weighted by molar-refractivity contribution is -0.124. The molecule has 0 aliphatic carbocycles. The Labute approximate surface area is 167 Å². The molecule has 1 N–H and O–H groups in total. The zero-order valence-corrected chi connectivity index (χ0v) is 16.1. The molecule has 0 aliphatic rings. The van der Waals surface area contributed by atoms with Crippen LogP contribution in [-0.2, 0) is 16.1 Å². The molecule has 1 amide bonds. The van der Waals surface area contributed by atoms with E-state index >= 15 is 0 Å². The average Bonchev–Trinajstić information content (AvgIpc) is 3.18. The molecule has 8 heteroatoms. The highest BCUT2D eigenvalue weighted by atomic mass is 19.1. The van der Waals surface area contributed by atoms with Gasteiger partial charge in [-0.25, -0.2) is 18.9 Å². The number of aromatic nitrogens is 3. The second-order valence-corrected chi connectivity index (χ2v) is 6.68. The lowest BCUT2D eigenvalue weighted by atomic mass is 10.1. The quantitative estimate of drug-likeness (QED) is 0.621. The van der Waals surface area contributed by atoms with Gasteiger partial charge >= 0.3 is 5.97 Å². The first-order chi connectivity index (χ1) is 14.0. The molecule has 0 saturated heterocycles. The van der Waals surface area contributed by atoms with Crippen LogP contribution in [0, 0.1) is 5.82 Å². The Bertz CT molecular complexity index is 985. The third-order valence-electron chi connectivity index (χ3n) is 4.18. The van der Waals surface area contributed by atoms with Gasteiger partial charge in [-0.1, -0.05) is 32.0 Å². The molecule has 3 aromatic rings. The van der Waals surface area contributed by atoms with Gasteiger partial charge in [-0.15, -0.1) is 0 Å². The zero-order chi connectivity index (χ0) is 20.8. The molecule has 3 rings (SSSR count). The van der Waals surface area contributed by atoms with Crippen LogP contribution in [0.2, 0.25) is 0 Å². The lowest BCUT2D eigenvalue weighted by Crippen LogP contribution is -2.28. The van der Waals surface area contributed by atoms with Crippen LogP contribution >= 0.6 is 0 Å². The molecule has 0 fully saturated rings. The fourth-order valence-electron chi connectivity index (χ4n) is 2.80. The Morgan fingerprint density at radius 2 is 1.93 bits per heavy atom. The second kappa shape index (κ2) is 9.09. The minimum Gasteiger partial charge on any atom is -0.452 e. The smallest absolute Gasteiger partial charge is 0.342 e. The number of ether oxygens (including phenoxy) is 1. The standard InChI is InChI=1S/C21H21FN4O3/c1-14(2)20-17(12-25-26(20)18-5-3-4-10-23-18)21(28)29-13-19(27)24-11-15-6-8-16(22)9-7-15/h3-10,12,14H,11,13H2,1-2H3,(H,24,27). The van der Waals surface area contributed by atoms with Crippen molar-refractivity contribution in [3.8, 4) is 5.82 Å². The summed E-state index contributed by atoms with van der Waals surface area (Å²) in [4.78, 5) is 28.7. The highest BCUT2D eigenvalue weighted by Crippen LogP contribution is 2.22. The van der Waals surface area contributed by atoms with Gasteiger partial charge in [0.05, 0.1) is 11.9 Å². The largest absolute Gasteiger partial charge is 0.452 e. The van der Waals surface area contributed by atoms with E-state index in [-0.39, 0.29) is 23.8 Å². The summed E-state index contributed by atoms with van der Waals surface area (Å²) in [5.74, 6) is -0.860. The van der Waals surface area contributed by atoms with E-state index in [1.165, 1.54) is 18.3 Å². The summed E-state index contributed by atoms with van der Waals surface area (Å²) in [6.45, 7) is 3.66. The van der Waals surface area contributed by atoms with Crippen LogP contribution in [0.4, 0.5) is 4.39 Å². The Morgan fingerprint density at radius 3 is 2.59 bits per heavy atom. The molecule has 0 bridgehead atoms. The van der Waals surface area contributed by atoms with Crippen molar-refractivity contribution in [3.05, 3.63) is 77.5 Å². The maximum absolute atomic E-state index is 12.9. The van der Waals surface area contributed by atoms with Crippen molar-refractivity contribution in [2.75, 3.05) is 6.61 Å². The minimum atomic E-state index is -0.632. The minimum absolute atomic E-state index is 0.0191. The molecule has 0 aliphatic heterocycles. The van der Waals surface area contributed by atoms with Gasteiger partial charge in [-0.05, 0) is 35.7 Å². The summed E-state index contributed by atoms with van der Waals surface area (Å²) in [6, 6.07) is 11.2. The number of pyridine rings is 1. The van der Waals surface area contributed by atoms with Gasteiger partial charge < -0.3 is 10.1 Å². The first-order valence-electron chi connectivity index (χ1n) is 9.13. The highest BCUT2D eigenvalue weighted by molar-refractivity contribution is 5.92. The first kappa shape index (κ1) is 20.2. The van der Waals surface area contributed by atoms with E-state index in [4.69, 9.17) is 4.74 Å². The predicted molar refractivity (Wildman–Crippen MR) is 104 cm³/mol. The summed E-state index contributed by atoms with van der Waals surface area (Å²) in [6.07, 6.45) is 3.06.